The normalized spacial score (nSPS) is 14.3. The van der Waals surface area contributed by atoms with Gasteiger partial charge < -0.3 is 20.1 Å². The highest BCUT2D eigenvalue weighted by Gasteiger charge is 2.56. The fourth-order valence-corrected chi connectivity index (χ4v) is 2.80. The second-order valence-electron chi connectivity index (χ2n) is 6.43. The summed E-state index contributed by atoms with van der Waals surface area (Å²) in [5.74, 6) is 0.575. The Bertz CT molecular complexity index is 843. The number of rotatable bonds is 6. The molecule has 0 spiro atoms. The molecule has 6 heteroatoms. The lowest BCUT2D eigenvalue weighted by Gasteiger charge is -2.17. The first kappa shape index (κ1) is 17.8. The van der Waals surface area contributed by atoms with Crippen LogP contribution in [0.4, 0.5) is 11.4 Å². The molecule has 0 saturated heterocycles. The van der Waals surface area contributed by atoms with Crippen molar-refractivity contribution in [3.05, 3.63) is 48.0 Å². The van der Waals surface area contributed by atoms with Crippen molar-refractivity contribution in [2.75, 3.05) is 24.9 Å². The summed E-state index contributed by atoms with van der Waals surface area (Å²) in [5, 5.41) is 5.66. The Balaban J connectivity index is 1.74. The van der Waals surface area contributed by atoms with Crippen LogP contribution in [0.1, 0.15) is 18.4 Å². The van der Waals surface area contributed by atoms with E-state index in [-0.39, 0.29) is 11.8 Å². The number of hydrogen-bond acceptors (Lipinski definition) is 4. The predicted molar refractivity (Wildman–Crippen MR) is 99.7 cm³/mol. The molecule has 136 valence electrons. The van der Waals surface area contributed by atoms with Crippen LogP contribution in [0, 0.1) is 12.3 Å². The molecule has 2 aromatic carbocycles. The van der Waals surface area contributed by atoms with Crippen molar-refractivity contribution in [2.45, 2.75) is 19.8 Å². The number of amides is 2. The van der Waals surface area contributed by atoms with Crippen molar-refractivity contribution < 1.29 is 19.1 Å². The number of carbonyl (C=O) groups excluding carboxylic acids is 2. The van der Waals surface area contributed by atoms with E-state index in [9.17, 15) is 9.59 Å². The summed E-state index contributed by atoms with van der Waals surface area (Å²) in [7, 11) is 3.11. The van der Waals surface area contributed by atoms with Gasteiger partial charge in [0.2, 0.25) is 11.8 Å². The molecule has 26 heavy (non-hydrogen) atoms. The molecule has 2 amide bonds. The minimum absolute atomic E-state index is 0.310. The van der Waals surface area contributed by atoms with E-state index in [2.05, 4.69) is 10.6 Å². The molecule has 1 saturated carbocycles. The van der Waals surface area contributed by atoms with E-state index in [1.54, 1.807) is 44.6 Å². The van der Waals surface area contributed by atoms with Gasteiger partial charge in [-0.1, -0.05) is 12.1 Å². The molecule has 1 fully saturated rings. The molecule has 0 aromatic heterocycles. The highest BCUT2D eigenvalue weighted by Crippen LogP contribution is 2.48. The molecule has 0 bridgehead atoms. The second kappa shape index (κ2) is 7.07. The van der Waals surface area contributed by atoms with Gasteiger partial charge >= 0.3 is 0 Å². The minimum atomic E-state index is -1.04. The molecule has 0 heterocycles. The largest absolute Gasteiger partial charge is 0.497 e. The van der Waals surface area contributed by atoms with E-state index in [4.69, 9.17) is 9.47 Å². The summed E-state index contributed by atoms with van der Waals surface area (Å²) in [6.45, 7) is 1.93. The Morgan fingerprint density at radius 1 is 0.962 bits per heavy atom. The lowest BCUT2D eigenvalue weighted by atomic mass is 10.0. The van der Waals surface area contributed by atoms with Crippen LogP contribution in [0.15, 0.2) is 42.5 Å². The van der Waals surface area contributed by atoms with E-state index < -0.39 is 5.41 Å². The average Bonchev–Trinajstić information content (AvgIpc) is 3.44. The second-order valence-corrected chi connectivity index (χ2v) is 6.43. The maximum atomic E-state index is 12.8. The Morgan fingerprint density at radius 3 is 2.35 bits per heavy atom. The number of anilines is 2. The number of ether oxygens (including phenoxy) is 2. The average molecular weight is 354 g/mol. The zero-order valence-corrected chi connectivity index (χ0v) is 15.1. The zero-order valence-electron chi connectivity index (χ0n) is 15.1. The van der Waals surface area contributed by atoms with Crippen LogP contribution < -0.4 is 20.1 Å². The summed E-state index contributed by atoms with van der Waals surface area (Å²) in [5.41, 5.74) is 1.11. The molecule has 1 aliphatic rings. The van der Waals surface area contributed by atoms with E-state index >= 15 is 0 Å². The molecule has 3 rings (SSSR count). The maximum Gasteiger partial charge on any atom is 0.240 e. The molecular formula is C20H22N2O4. The van der Waals surface area contributed by atoms with Crippen LogP contribution in [0.25, 0.3) is 0 Å². The van der Waals surface area contributed by atoms with Crippen molar-refractivity contribution in [3.8, 4) is 11.5 Å². The lowest BCUT2D eigenvalue weighted by molar-refractivity contribution is -0.131. The van der Waals surface area contributed by atoms with Gasteiger partial charge in [0, 0.05) is 11.8 Å². The third kappa shape index (κ3) is 3.49. The number of benzene rings is 2. The molecule has 0 radical (unpaired) electrons. The lowest BCUT2D eigenvalue weighted by Crippen LogP contribution is -2.35. The summed E-state index contributed by atoms with van der Waals surface area (Å²) in [6.07, 6.45) is 1.03. The van der Waals surface area contributed by atoms with Gasteiger partial charge in [0.1, 0.15) is 16.9 Å². The van der Waals surface area contributed by atoms with E-state index in [1.165, 1.54) is 0 Å². The van der Waals surface area contributed by atoms with Gasteiger partial charge in [-0.15, -0.1) is 0 Å². The van der Waals surface area contributed by atoms with Gasteiger partial charge in [-0.25, -0.2) is 0 Å². The van der Waals surface area contributed by atoms with Crippen molar-refractivity contribution in [2.24, 2.45) is 5.41 Å². The van der Waals surface area contributed by atoms with Gasteiger partial charge in [0.25, 0.3) is 0 Å². The molecule has 1 aliphatic carbocycles. The Kier molecular flexibility index (Phi) is 4.84. The van der Waals surface area contributed by atoms with Gasteiger partial charge in [0.15, 0.2) is 0 Å². The van der Waals surface area contributed by atoms with Crippen molar-refractivity contribution in [1.82, 2.24) is 0 Å². The SMILES string of the molecule is COc1cccc(NC(=O)C2(C(=O)Nc3cc(C)ccc3OC)CC2)c1. The van der Waals surface area contributed by atoms with Crippen molar-refractivity contribution in [1.29, 1.82) is 0 Å². The Labute approximate surface area is 152 Å². The first-order valence-corrected chi connectivity index (χ1v) is 8.40. The summed E-state index contributed by atoms with van der Waals surface area (Å²) in [4.78, 5) is 25.5. The molecule has 2 aromatic rings. The van der Waals surface area contributed by atoms with Crippen LogP contribution in [0.2, 0.25) is 0 Å². The third-order valence-electron chi connectivity index (χ3n) is 4.55. The number of carbonyl (C=O) groups is 2. The molecule has 0 atom stereocenters. The number of aryl methyl sites for hydroxylation is 1. The molecule has 0 aliphatic heterocycles. The van der Waals surface area contributed by atoms with Crippen LogP contribution in [0.5, 0.6) is 11.5 Å². The van der Waals surface area contributed by atoms with Crippen molar-refractivity contribution in [3.63, 3.8) is 0 Å². The predicted octanol–water partition coefficient (Wildman–Crippen LogP) is 3.37. The van der Waals surface area contributed by atoms with E-state index in [1.807, 2.05) is 19.1 Å². The Hall–Kier alpha value is -3.02. The zero-order chi connectivity index (χ0) is 18.7. The molecule has 0 unspecified atom stereocenters. The fraction of sp³-hybridized carbons (Fsp3) is 0.300. The topological polar surface area (TPSA) is 76.7 Å². The summed E-state index contributed by atoms with van der Waals surface area (Å²) < 4.78 is 10.4. The van der Waals surface area contributed by atoms with Crippen LogP contribution in [0.3, 0.4) is 0 Å². The Morgan fingerprint density at radius 2 is 1.69 bits per heavy atom. The maximum absolute atomic E-state index is 12.8. The van der Waals surface area contributed by atoms with E-state index in [0.717, 1.165) is 5.56 Å². The molecule has 6 nitrogen and oxygen atoms in total. The van der Waals surface area contributed by atoms with Gasteiger partial charge in [-0.2, -0.15) is 0 Å². The molecule has 2 N–H and O–H groups in total. The fourth-order valence-electron chi connectivity index (χ4n) is 2.80. The third-order valence-corrected chi connectivity index (χ3v) is 4.55. The van der Waals surface area contributed by atoms with Gasteiger partial charge in [-0.3, -0.25) is 9.59 Å². The number of hydrogen-bond donors (Lipinski definition) is 2. The highest BCUT2D eigenvalue weighted by atomic mass is 16.5. The van der Waals surface area contributed by atoms with Crippen LogP contribution in [-0.2, 0) is 9.59 Å². The van der Waals surface area contributed by atoms with E-state index in [0.29, 0.717) is 35.7 Å². The summed E-state index contributed by atoms with van der Waals surface area (Å²) >= 11 is 0. The van der Waals surface area contributed by atoms with Gasteiger partial charge in [-0.05, 0) is 49.6 Å². The van der Waals surface area contributed by atoms with Crippen molar-refractivity contribution >= 4 is 23.2 Å². The number of nitrogens with one attached hydrogen (secondary N) is 2. The molecular weight excluding hydrogens is 332 g/mol. The monoisotopic (exact) mass is 354 g/mol. The van der Waals surface area contributed by atoms with Crippen LogP contribution >= 0.6 is 0 Å². The summed E-state index contributed by atoms with van der Waals surface area (Å²) in [6, 6.07) is 12.6. The number of methoxy groups -OCH3 is 2. The van der Waals surface area contributed by atoms with Crippen LogP contribution in [-0.4, -0.2) is 26.0 Å². The first-order valence-electron chi connectivity index (χ1n) is 8.40. The smallest absolute Gasteiger partial charge is 0.240 e. The highest BCUT2D eigenvalue weighted by molar-refractivity contribution is 6.17. The quantitative estimate of drug-likeness (QED) is 0.780. The van der Waals surface area contributed by atoms with Gasteiger partial charge in [0.05, 0.1) is 19.9 Å². The first-order chi connectivity index (χ1) is 12.5. The minimum Gasteiger partial charge on any atom is -0.497 e. The standard InChI is InChI=1S/C20H22N2O4/c1-13-7-8-17(26-3)16(11-13)22-19(24)20(9-10-20)18(23)21-14-5-4-6-15(12-14)25-2/h4-8,11-12H,9-10H2,1-3H3,(H,21,23)(H,22,24).